The van der Waals surface area contributed by atoms with Gasteiger partial charge < -0.3 is 19.5 Å². The maximum atomic E-state index is 12.3. The lowest BCUT2D eigenvalue weighted by molar-refractivity contribution is -0.124. The highest BCUT2D eigenvalue weighted by Gasteiger charge is 2.33. The molecule has 5 nitrogen and oxygen atoms in total. The fraction of sp³-hybridized carbons (Fsp3) is 0.350. The highest BCUT2D eigenvalue weighted by Crippen LogP contribution is 2.41. The Morgan fingerprint density at radius 3 is 2.00 bits per heavy atom. The molecule has 0 aromatic heterocycles. The molecule has 3 rings (SSSR count). The maximum Gasteiger partial charge on any atom is 0.258 e. The number of methoxy groups -OCH3 is 2. The van der Waals surface area contributed by atoms with Crippen LogP contribution in [0.2, 0.25) is 0 Å². The molecule has 132 valence electrons. The summed E-state index contributed by atoms with van der Waals surface area (Å²) in [7, 11) is 3.26. The van der Waals surface area contributed by atoms with Gasteiger partial charge in [-0.05, 0) is 60.7 Å². The molecule has 1 aliphatic rings. The number of nitrogens with one attached hydrogen (secondary N) is 1. The molecule has 1 fully saturated rings. The number of carbonyl (C=O) groups excluding carboxylic acids is 1. The van der Waals surface area contributed by atoms with Crippen LogP contribution in [-0.4, -0.2) is 26.7 Å². The fourth-order valence-electron chi connectivity index (χ4n) is 2.75. The molecule has 1 aliphatic carbocycles. The predicted octanol–water partition coefficient (Wildman–Crippen LogP) is 3.35. The first-order valence-electron chi connectivity index (χ1n) is 8.40. The molecule has 0 spiro atoms. The normalized spacial score (nSPS) is 14.5. The summed E-state index contributed by atoms with van der Waals surface area (Å²) in [5.74, 6) is 2.59. The Morgan fingerprint density at radius 2 is 1.48 bits per heavy atom. The van der Waals surface area contributed by atoms with E-state index in [-0.39, 0.29) is 18.6 Å². The molecule has 25 heavy (non-hydrogen) atoms. The third-order valence-electron chi connectivity index (χ3n) is 4.31. The standard InChI is InChI=1S/C20H23NO4/c1-23-16-7-5-15(6-8-16)20(14-3-4-14)21-19(22)13-25-18-11-9-17(24-2)10-12-18/h5-12,14,20H,3-4,13H2,1-2H3,(H,21,22). The quantitative estimate of drug-likeness (QED) is 0.800. The van der Waals surface area contributed by atoms with E-state index in [0.29, 0.717) is 11.7 Å². The Hall–Kier alpha value is -2.69. The Kier molecular flexibility index (Phi) is 5.43. The first-order valence-corrected chi connectivity index (χ1v) is 8.40. The molecule has 1 unspecified atom stereocenters. The van der Waals surface area contributed by atoms with Gasteiger partial charge in [-0.2, -0.15) is 0 Å². The SMILES string of the molecule is COc1ccc(OCC(=O)NC(c2ccc(OC)cc2)C2CC2)cc1. The van der Waals surface area contributed by atoms with Gasteiger partial charge in [-0.15, -0.1) is 0 Å². The molecule has 5 heteroatoms. The van der Waals surface area contributed by atoms with Crippen LogP contribution in [-0.2, 0) is 4.79 Å². The molecular weight excluding hydrogens is 318 g/mol. The lowest BCUT2D eigenvalue weighted by Crippen LogP contribution is -2.33. The van der Waals surface area contributed by atoms with E-state index in [2.05, 4.69) is 5.32 Å². The fourth-order valence-corrected chi connectivity index (χ4v) is 2.75. The second kappa shape index (κ2) is 7.92. The summed E-state index contributed by atoms with van der Waals surface area (Å²) >= 11 is 0. The van der Waals surface area contributed by atoms with Crippen LogP contribution in [0.1, 0.15) is 24.4 Å². The van der Waals surface area contributed by atoms with Gasteiger partial charge in [0.1, 0.15) is 17.2 Å². The number of carbonyl (C=O) groups is 1. The van der Waals surface area contributed by atoms with Crippen LogP contribution < -0.4 is 19.5 Å². The van der Waals surface area contributed by atoms with E-state index in [1.165, 1.54) is 0 Å². The Bertz CT molecular complexity index is 693. The van der Waals surface area contributed by atoms with Gasteiger partial charge in [-0.3, -0.25) is 4.79 Å². The molecule has 1 N–H and O–H groups in total. The molecule has 0 aliphatic heterocycles. The lowest BCUT2D eigenvalue weighted by Gasteiger charge is -2.19. The lowest BCUT2D eigenvalue weighted by atomic mass is 10.0. The molecular formula is C20H23NO4. The number of amides is 1. The smallest absolute Gasteiger partial charge is 0.258 e. The third-order valence-corrected chi connectivity index (χ3v) is 4.31. The summed E-state index contributed by atoms with van der Waals surface area (Å²) < 4.78 is 15.8. The van der Waals surface area contributed by atoms with Crippen molar-refractivity contribution < 1.29 is 19.0 Å². The van der Waals surface area contributed by atoms with E-state index < -0.39 is 0 Å². The topological polar surface area (TPSA) is 56.8 Å². The Morgan fingerprint density at radius 1 is 0.960 bits per heavy atom. The van der Waals surface area contributed by atoms with Crippen LogP contribution in [0.15, 0.2) is 48.5 Å². The third kappa shape index (κ3) is 4.66. The summed E-state index contributed by atoms with van der Waals surface area (Å²) in [6, 6.07) is 15.1. The molecule has 0 saturated heterocycles. The zero-order valence-electron chi connectivity index (χ0n) is 14.5. The second-order valence-corrected chi connectivity index (χ2v) is 6.12. The summed E-state index contributed by atoms with van der Waals surface area (Å²) in [6.07, 6.45) is 2.27. The van der Waals surface area contributed by atoms with Crippen molar-refractivity contribution in [1.29, 1.82) is 0 Å². The average Bonchev–Trinajstić information content (AvgIpc) is 3.50. The summed E-state index contributed by atoms with van der Waals surface area (Å²) in [5.41, 5.74) is 1.10. The number of benzene rings is 2. The zero-order chi connectivity index (χ0) is 17.6. The first kappa shape index (κ1) is 17.1. The highest BCUT2D eigenvalue weighted by molar-refractivity contribution is 5.78. The van der Waals surface area contributed by atoms with Gasteiger partial charge in [0.25, 0.3) is 5.91 Å². The molecule has 2 aromatic carbocycles. The molecule has 2 aromatic rings. The van der Waals surface area contributed by atoms with Crippen molar-refractivity contribution in [3.63, 3.8) is 0 Å². The highest BCUT2D eigenvalue weighted by atomic mass is 16.5. The molecule has 0 bridgehead atoms. The van der Waals surface area contributed by atoms with Crippen LogP contribution in [0.4, 0.5) is 0 Å². The molecule has 0 radical (unpaired) electrons. The van der Waals surface area contributed by atoms with Crippen molar-refractivity contribution in [1.82, 2.24) is 5.32 Å². The molecule has 0 heterocycles. The summed E-state index contributed by atoms with van der Waals surface area (Å²) in [4.78, 5) is 12.3. The first-order chi connectivity index (χ1) is 12.2. The van der Waals surface area contributed by atoms with Crippen molar-refractivity contribution in [3.05, 3.63) is 54.1 Å². The van der Waals surface area contributed by atoms with Crippen LogP contribution >= 0.6 is 0 Å². The maximum absolute atomic E-state index is 12.3. The van der Waals surface area contributed by atoms with Gasteiger partial charge in [-0.1, -0.05) is 12.1 Å². The Balaban J connectivity index is 1.56. The minimum Gasteiger partial charge on any atom is -0.497 e. The van der Waals surface area contributed by atoms with Crippen molar-refractivity contribution >= 4 is 5.91 Å². The van der Waals surface area contributed by atoms with Crippen LogP contribution in [0, 0.1) is 5.92 Å². The van der Waals surface area contributed by atoms with Gasteiger partial charge in [0, 0.05) is 0 Å². The summed E-state index contributed by atoms with van der Waals surface area (Å²) in [6.45, 7) is -0.00823. The molecule has 1 amide bonds. The minimum atomic E-state index is -0.122. The van der Waals surface area contributed by atoms with Gasteiger partial charge >= 0.3 is 0 Å². The van der Waals surface area contributed by atoms with Crippen LogP contribution in [0.5, 0.6) is 17.2 Å². The number of hydrogen-bond acceptors (Lipinski definition) is 4. The number of rotatable bonds is 8. The monoisotopic (exact) mass is 341 g/mol. The number of ether oxygens (including phenoxy) is 3. The van der Waals surface area contributed by atoms with Gasteiger partial charge in [0.05, 0.1) is 20.3 Å². The van der Waals surface area contributed by atoms with E-state index in [4.69, 9.17) is 14.2 Å². The van der Waals surface area contributed by atoms with E-state index in [1.54, 1.807) is 38.5 Å². The van der Waals surface area contributed by atoms with Crippen molar-refractivity contribution in [3.8, 4) is 17.2 Å². The van der Waals surface area contributed by atoms with Gasteiger partial charge in [0.15, 0.2) is 6.61 Å². The number of hydrogen-bond donors (Lipinski definition) is 1. The van der Waals surface area contributed by atoms with E-state index in [0.717, 1.165) is 29.9 Å². The Labute approximate surface area is 147 Å². The van der Waals surface area contributed by atoms with E-state index in [9.17, 15) is 4.79 Å². The summed E-state index contributed by atoms with van der Waals surface area (Å²) in [5, 5.41) is 3.10. The largest absolute Gasteiger partial charge is 0.497 e. The van der Waals surface area contributed by atoms with Crippen molar-refractivity contribution in [2.24, 2.45) is 5.92 Å². The predicted molar refractivity (Wildman–Crippen MR) is 95.1 cm³/mol. The average molecular weight is 341 g/mol. The van der Waals surface area contributed by atoms with Crippen LogP contribution in [0.3, 0.4) is 0 Å². The minimum absolute atomic E-state index is 0.00823. The molecule has 1 saturated carbocycles. The van der Waals surface area contributed by atoms with Crippen molar-refractivity contribution in [2.45, 2.75) is 18.9 Å². The molecule has 1 atom stereocenters. The second-order valence-electron chi connectivity index (χ2n) is 6.12. The van der Waals surface area contributed by atoms with Crippen molar-refractivity contribution in [2.75, 3.05) is 20.8 Å². The van der Waals surface area contributed by atoms with E-state index >= 15 is 0 Å². The van der Waals surface area contributed by atoms with Crippen LogP contribution in [0.25, 0.3) is 0 Å². The van der Waals surface area contributed by atoms with Gasteiger partial charge in [-0.25, -0.2) is 0 Å². The van der Waals surface area contributed by atoms with Gasteiger partial charge in [0.2, 0.25) is 0 Å². The van der Waals surface area contributed by atoms with E-state index in [1.807, 2.05) is 24.3 Å². The zero-order valence-corrected chi connectivity index (χ0v) is 14.5.